The lowest BCUT2D eigenvalue weighted by Gasteiger charge is -2.32. The molecule has 2 amide bonds. The zero-order valence-electron chi connectivity index (χ0n) is 15.7. The molecular weight excluding hydrogens is 346 g/mol. The summed E-state index contributed by atoms with van der Waals surface area (Å²) in [5.41, 5.74) is 2.10. The van der Waals surface area contributed by atoms with Crippen molar-refractivity contribution in [2.75, 3.05) is 33.4 Å². The highest BCUT2D eigenvalue weighted by Gasteiger charge is 2.26. The van der Waals surface area contributed by atoms with Crippen molar-refractivity contribution in [3.63, 3.8) is 0 Å². The van der Waals surface area contributed by atoms with Crippen LogP contribution in [-0.4, -0.2) is 65.1 Å². The highest BCUT2D eigenvalue weighted by molar-refractivity contribution is 5.94. The lowest BCUT2D eigenvalue weighted by Crippen LogP contribution is -2.39. The van der Waals surface area contributed by atoms with Crippen molar-refractivity contribution >= 4 is 11.8 Å². The van der Waals surface area contributed by atoms with E-state index in [1.807, 2.05) is 36.1 Å². The quantitative estimate of drug-likeness (QED) is 0.776. The van der Waals surface area contributed by atoms with Crippen LogP contribution >= 0.6 is 0 Å². The molecule has 1 aromatic carbocycles. The number of carbonyl (C=O) groups is 2. The predicted octanol–water partition coefficient (Wildman–Crippen LogP) is 1.44. The molecule has 0 radical (unpaired) electrons. The second-order valence-electron chi connectivity index (χ2n) is 6.73. The highest BCUT2D eigenvalue weighted by Crippen LogP contribution is 2.23. The molecule has 1 aliphatic rings. The van der Waals surface area contributed by atoms with Crippen LogP contribution < -0.4 is 5.32 Å². The predicted molar refractivity (Wildman–Crippen MR) is 99.6 cm³/mol. The van der Waals surface area contributed by atoms with E-state index in [2.05, 4.69) is 15.6 Å². The first-order chi connectivity index (χ1) is 13.1. The topological polar surface area (TPSA) is 89.4 Å². The van der Waals surface area contributed by atoms with Crippen molar-refractivity contribution in [3.8, 4) is 0 Å². The molecule has 2 heterocycles. The molecule has 0 atom stereocenters. The first-order valence-corrected chi connectivity index (χ1v) is 9.13. The van der Waals surface area contributed by atoms with Gasteiger partial charge in [0.05, 0.1) is 18.8 Å². The molecule has 1 fully saturated rings. The Morgan fingerprint density at radius 2 is 2.07 bits per heavy atom. The third kappa shape index (κ3) is 4.71. The van der Waals surface area contributed by atoms with Crippen molar-refractivity contribution < 1.29 is 14.3 Å². The van der Waals surface area contributed by atoms with Crippen LogP contribution in [0.5, 0.6) is 0 Å². The Kier molecular flexibility index (Phi) is 6.18. The van der Waals surface area contributed by atoms with Crippen LogP contribution in [0.25, 0.3) is 0 Å². The molecule has 8 nitrogen and oxygen atoms in total. The van der Waals surface area contributed by atoms with Gasteiger partial charge in [0, 0.05) is 32.3 Å². The van der Waals surface area contributed by atoms with Crippen LogP contribution in [0.4, 0.5) is 0 Å². The zero-order valence-corrected chi connectivity index (χ0v) is 15.7. The molecule has 8 heteroatoms. The first-order valence-electron chi connectivity index (χ1n) is 9.13. The number of aryl methyl sites for hydroxylation is 1. The fourth-order valence-electron chi connectivity index (χ4n) is 3.21. The molecule has 2 aromatic rings. The number of amides is 2. The molecule has 144 valence electrons. The molecule has 1 aromatic heterocycles. The van der Waals surface area contributed by atoms with Gasteiger partial charge in [-0.1, -0.05) is 22.9 Å². The van der Waals surface area contributed by atoms with Gasteiger partial charge in [0.2, 0.25) is 0 Å². The Morgan fingerprint density at radius 1 is 1.30 bits per heavy atom. The largest absolute Gasteiger partial charge is 0.383 e. The van der Waals surface area contributed by atoms with E-state index in [-0.39, 0.29) is 17.9 Å². The summed E-state index contributed by atoms with van der Waals surface area (Å²) >= 11 is 0. The Bertz CT molecular complexity index is 796. The highest BCUT2D eigenvalue weighted by atomic mass is 16.5. The van der Waals surface area contributed by atoms with Gasteiger partial charge in [0.15, 0.2) is 5.69 Å². The molecule has 1 aliphatic heterocycles. The van der Waals surface area contributed by atoms with Crippen molar-refractivity contribution in [3.05, 3.63) is 47.3 Å². The van der Waals surface area contributed by atoms with Crippen LogP contribution in [-0.2, 0) is 4.74 Å². The number of aromatic nitrogens is 3. The number of nitrogens with zero attached hydrogens (tertiary/aromatic N) is 4. The normalized spacial score (nSPS) is 15.0. The van der Waals surface area contributed by atoms with E-state index in [4.69, 9.17) is 4.74 Å². The summed E-state index contributed by atoms with van der Waals surface area (Å²) in [7, 11) is 1.58. The second kappa shape index (κ2) is 8.77. The smallest absolute Gasteiger partial charge is 0.273 e. The third-order valence-electron chi connectivity index (χ3n) is 4.73. The Morgan fingerprint density at radius 3 is 2.78 bits per heavy atom. The lowest BCUT2D eigenvalue weighted by atomic mass is 10.0. The van der Waals surface area contributed by atoms with E-state index in [9.17, 15) is 9.59 Å². The molecule has 0 spiro atoms. The average molecular weight is 371 g/mol. The molecule has 0 saturated carbocycles. The summed E-state index contributed by atoms with van der Waals surface area (Å²) in [6, 6.07) is 7.80. The molecule has 1 saturated heterocycles. The third-order valence-corrected chi connectivity index (χ3v) is 4.73. The van der Waals surface area contributed by atoms with E-state index >= 15 is 0 Å². The molecule has 0 bridgehead atoms. The van der Waals surface area contributed by atoms with Gasteiger partial charge in [-0.15, -0.1) is 5.10 Å². The van der Waals surface area contributed by atoms with E-state index in [0.717, 1.165) is 24.0 Å². The number of carbonyl (C=O) groups excluding carboxylic acids is 2. The molecule has 1 N–H and O–H groups in total. The van der Waals surface area contributed by atoms with Gasteiger partial charge in [-0.3, -0.25) is 9.59 Å². The molecular formula is C19H25N5O3. The fraction of sp³-hybridized carbons (Fsp3) is 0.474. The number of ether oxygens (including phenoxy) is 1. The fourth-order valence-corrected chi connectivity index (χ4v) is 3.21. The minimum absolute atomic E-state index is 0.0638. The number of hydrogen-bond donors (Lipinski definition) is 1. The number of methoxy groups -OCH3 is 1. The molecule has 3 rings (SSSR count). The first kappa shape index (κ1) is 19.0. The van der Waals surface area contributed by atoms with Gasteiger partial charge in [-0.25, -0.2) is 4.68 Å². The molecule has 27 heavy (non-hydrogen) atoms. The van der Waals surface area contributed by atoms with Crippen molar-refractivity contribution in [2.24, 2.45) is 0 Å². The summed E-state index contributed by atoms with van der Waals surface area (Å²) in [6.07, 6.45) is 3.24. The number of nitrogens with one attached hydrogen (secondary N) is 1. The summed E-state index contributed by atoms with van der Waals surface area (Å²) in [5.74, 6) is -0.195. The molecule has 0 unspecified atom stereocenters. The Labute approximate surface area is 158 Å². The van der Waals surface area contributed by atoms with E-state index in [1.54, 1.807) is 18.0 Å². The second-order valence-corrected chi connectivity index (χ2v) is 6.73. The Balaban J connectivity index is 1.55. The lowest BCUT2D eigenvalue weighted by molar-refractivity contribution is 0.0689. The maximum atomic E-state index is 12.6. The summed E-state index contributed by atoms with van der Waals surface area (Å²) in [6.45, 7) is 4.19. The van der Waals surface area contributed by atoms with Gasteiger partial charge in [0.25, 0.3) is 11.8 Å². The SMILES string of the molecule is COCCNC(=O)c1cn(C2CCN(C(=O)c3cccc(C)c3)CC2)nn1. The number of hydrogen-bond acceptors (Lipinski definition) is 5. The van der Waals surface area contributed by atoms with E-state index in [0.29, 0.717) is 31.9 Å². The zero-order chi connectivity index (χ0) is 19.2. The van der Waals surface area contributed by atoms with E-state index in [1.165, 1.54) is 0 Å². The number of likely N-dealkylation sites (tertiary alicyclic amines) is 1. The standard InChI is InChI=1S/C19H25N5O3/c1-14-4-3-5-15(12-14)19(26)23-9-6-16(7-10-23)24-13-17(21-22-24)18(25)20-8-11-27-2/h3-5,12-13,16H,6-11H2,1-2H3,(H,20,25). The van der Waals surface area contributed by atoms with Crippen LogP contribution in [0, 0.1) is 6.92 Å². The van der Waals surface area contributed by atoms with Crippen molar-refractivity contribution in [1.29, 1.82) is 0 Å². The van der Waals surface area contributed by atoms with Crippen LogP contribution in [0.15, 0.2) is 30.5 Å². The van der Waals surface area contributed by atoms with Crippen molar-refractivity contribution in [2.45, 2.75) is 25.8 Å². The minimum atomic E-state index is -0.259. The summed E-state index contributed by atoms with van der Waals surface area (Å²) in [4.78, 5) is 26.5. The van der Waals surface area contributed by atoms with Crippen LogP contribution in [0.2, 0.25) is 0 Å². The summed E-state index contributed by atoms with van der Waals surface area (Å²) < 4.78 is 6.64. The van der Waals surface area contributed by atoms with Crippen LogP contribution in [0.3, 0.4) is 0 Å². The number of rotatable bonds is 6. The maximum absolute atomic E-state index is 12.6. The minimum Gasteiger partial charge on any atom is -0.383 e. The van der Waals surface area contributed by atoms with Crippen LogP contribution in [0.1, 0.15) is 45.3 Å². The average Bonchev–Trinajstić information content (AvgIpc) is 3.18. The monoisotopic (exact) mass is 371 g/mol. The number of piperidine rings is 1. The Hall–Kier alpha value is -2.74. The summed E-state index contributed by atoms with van der Waals surface area (Å²) in [5, 5.41) is 10.8. The van der Waals surface area contributed by atoms with E-state index < -0.39 is 0 Å². The van der Waals surface area contributed by atoms with Gasteiger partial charge in [-0.05, 0) is 31.9 Å². The van der Waals surface area contributed by atoms with Gasteiger partial charge in [0.1, 0.15) is 0 Å². The van der Waals surface area contributed by atoms with Gasteiger partial charge in [-0.2, -0.15) is 0 Å². The van der Waals surface area contributed by atoms with Gasteiger partial charge >= 0.3 is 0 Å². The maximum Gasteiger partial charge on any atom is 0.273 e. The van der Waals surface area contributed by atoms with Crippen molar-refractivity contribution in [1.82, 2.24) is 25.2 Å². The number of benzene rings is 1. The van der Waals surface area contributed by atoms with Gasteiger partial charge < -0.3 is 15.0 Å². The molecule has 0 aliphatic carbocycles.